The van der Waals surface area contributed by atoms with Crippen molar-refractivity contribution in [1.82, 2.24) is 4.90 Å². The number of nitrogens with zero attached hydrogens (tertiary/aromatic N) is 1. The number of ketones is 1. The van der Waals surface area contributed by atoms with Gasteiger partial charge in [0, 0.05) is 25.9 Å². The molecule has 21 heavy (non-hydrogen) atoms. The summed E-state index contributed by atoms with van der Waals surface area (Å²) in [6, 6.07) is 8.43. The smallest absolute Gasteiger partial charge is 0.137 e. The van der Waals surface area contributed by atoms with Crippen LogP contribution in [0, 0.1) is 0 Å². The van der Waals surface area contributed by atoms with Crippen molar-refractivity contribution in [3.8, 4) is 0 Å². The van der Waals surface area contributed by atoms with Crippen LogP contribution in [0.4, 0.5) is 0 Å². The third kappa shape index (κ3) is 5.60. The van der Waals surface area contributed by atoms with Crippen LogP contribution >= 0.6 is 0 Å². The average Bonchev–Trinajstić information content (AvgIpc) is 2.48. The Balaban J connectivity index is 1.72. The highest BCUT2D eigenvalue weighted by Gasteiger charge is 2.11. The zero-order valence-corrected chi connectivity index (χ0v) is 13.3. The first kappa shape index (κ1) is 16.2. The van der Waals surface area contributed by atoms with Gasteiger partial charge in [0.05, 0.1) is 13.2 Å². The molecule has 0 atom stereocenters. The molecule has 1 aromatic carbocycles. The molecule has 0 aliphatic carbocycles. The Labute approximate surface area is 128 Å². The molecule has 0 N–H and O–H groups in total. The molecular formula is C18H27NO2. The molecule has 1 aliphatic heterocycles. The fourth-order valence-electron chi connectivity index (χ4n) is 2.70. The van der Waals surface area contributed by atoms with Crippen molar-refractivity contribution in [1.29, 1.82) is 0 Å². The third-order valence-electron chi connectivity index (χ3n) is 4.05. The van der Waals surface area contributed by atoms with E-state index < -0.39 is 0 Å². The summed E-state index contributed by atoms with van der Waals surface area (Å²) >= 11 is 0. The molecule has 1 heterocycles. The number of Topliss-reactive ketones (excluding diaryl/α,β-unsaturated/α-hetero) is 1. The predicted molar refractivity (Wildman–Crippen MR) is 85.7 cm³/mol. The van der Waals surface area contributed by atoms with Crippen LogP contribution in [0.2, 0.25) is 0 Å². The number of rotatable bonds is 7. The van der Waals surface area contributed by atoms with Crippen LogP contribution in [-0.4, -0.2) is 43.5 Å². The van der Waals surface area contributed by atoms with Gasteiger partial charge < -0.3 is 4.74 Å². The molecule has 0 radical (unpaired) electrons. The summed E-state index contributed by atoms with van der Waals surface area (Å²) in [7, 11) is 0. The number of carbonyl (C=O) groups excluding carboxylic acids is 1. The second kappa shape index (κ2) is 8.30. The Hall–Kier alpha value is -1.19. The molecule has 1 aromatic rings. The van der Waals surface area contributed by atoms with Gasteiger partial charge in [0.1, 0.15) is 5.78 Å². The van der Waals surface area contributed by atoms with Crippen molar-refractivity contribution in [2.75, 3.05) is 32.8 Å². The zero-order chi connectivity index (χ0) is 15.1. The van der Waals surface area contributed by atoms with Crippen LogP contribution in [0.15, 0.2) is 24.3 Å². The fraction of sp³-hybridized carbons (Fsp3) is 0.611. The van der Waals surface area contributed by atoms with Crippen molar-refractivity contribution in [3.63, 3.8) is 0 Å². The van der Waals surface area contributed by atoms with Crippen molar-refractivity contribution in [2.45, 2.75) is 39.0 Å². The van der Waals surface area contributed by atoms with E-state index in [1.165, 1.54) is 5.56 Å². The van der Waals surface area contributed by atoms with Crippen molar-refractivity contribution >= 4 is 5.78 Å². The summed E-state index contributed by atoms with van der Waals surface area (Å²) in [5.74, 6) is 0.866. The molecule has 3 heteroatoms. The summed E-state index contributed by atoms with van der Waals surface area (Å²) < 4.78 is 5.33. The van der Waals surface area contributed by atoms with Gasteiger partial charge in [-0.2, -0.15) is 0 Å². The Bertz CT molecular complexity index is 450. The number of hydrogen-bond acceptors (Lipinski definition) is 3. The lowest BCUT2D eigenvalue weighted by Crippen LogP contribution is -2.37. The largest absolute Gasteiger partial charge is 0.379 e. The summed E-state index contributed by atoms with van der Waals surface area (Å²) in [5.41, 5.74) is 2.46. The first-order valence-electron chi connectivity index (χ1n) is 8.06. The highest BCUT2D eigenvalue weighted by molar-refractivity contribution is 5.80. The van der Waals surface area contributed by atoms with E-state index in [4.69, 9.17) is 4.74 Å². The quantitative estimate of drug-likeness (QED) is 0.772. The Morgan fingerprint density at radius 3 is 2.76 bits per heavy atom. The Morgan fingerprint density at radius 1 is 1.29 bits per heavy atom. The Kier molecular flexibility index (Phi) is 6.40. The maximum absolute atomic E-state index is 12.1. The molecule has 3 nitrogen and oxygen atoms in total. The SMILES string of the molecule is CC(C)c1cccc(CC(=O)CCCN2CCOCC2)c1. The minimum Gasteiger partial charge on any atom is -0.379 e. The lowest BCUT2D eigenvalue weighted by atomic mass is 9.98. The lowest BCUT2D eigenvalue weighted by molar-refractivity contribution is -0.118. The van der Waals surface area contributed by atoms with Gasteiger partial charge >= 0.3 is 0 Å². The first-order chi connectivity index (χ1) is 10.1. The molecule has 1 saturated heterocycles. The highest BCUT2D eigenvalue weighted by atomic mass is 16.5. The van der Waals surface area contributed by atoms with E-state index in [1.54, 1.807) is 0 Å². The number of morpholine rings is 1. The number of carbonyl (C=O) groups is 1. The molecule has 0 bridgehead atoms. The minimum absolute atomic E-state index is 0.351. The van der Waals surface area contributed by atoms with Crippen LogP contribution < -0.4 is 0 Å². The molecule has 116 valence electrons. The normalized spacial score (nSPS) is 16.3. The first-order valence-corrected chi connectivity index (χ1v) is 8.06. The van der Waals surface area contributed by atoms with E-state index in [0.717, 1.165) is 44.8 Å². The number of hydrogen-bond donors (Lipinski definition) is 0. The number of ether oxygens (including phenoxy) is 1. The van der Waals surface area contributed by atoms with Gasteiger partial charge in [0.2, 0.25) is 0 Å². The summed E-state index contributed by atoms with van der Waals surface area (Å²) in [4.78, 5) is 14.5. The van der Waals surface area contributed by atoms with Crippen LogP contribution in [-0.2, 0) is 16.0 Å². The van der Waals surface area contributed by atoms with Crippen molar-refractivity contribution < 1.29 is 9.53 Å². The molecule has 0 saturated carbocycles. The van der Waals surface area contributed by atoms with E-state index in [2.05, 4.69) is 43.0 Å². The summed E-state index contributed by atoms with van der Waals surface area (Å²) in [6.07, 6.45) is 2.22. The highest BCUT2D eigenvalue weighted by Crippen LogP contribution is 2.16. The topological polar surface area (TPSA) is 29.5 Å². The molecule has 2 rings (SSSR count). The number of benzene rings is 1. The molecule has 1 aliphatic rings. The van der Waals surface area contributed by atoms with E-state index in [1.807, 2.05) is 0 Å². The van der Waals surface area contributed by atoms with Gasteiger partial charge in [-0.15, -0.1) is 0 Å². The fourth-order valence-corrected chi connectivity index (χ4v) is 2.70. The minimum atomic E-state index is 0.351. The predicted octanol–water partition coefficient (Wildman–Crippen LogP) is 3.03. The maximum atomic E-state index is 12.1. The zero-order valence-electron chi connectivity index (χ0n) is 13.3. The van der Waals surface area contributed by atoms with E-state index >= 15 is 0 Å². The van der Waals surface area contributed by atoms with Crippen molar-refractivity contribution in [3.05, 3.63) is 35.4 Å². The van der Waals surface area contributed by atoms with E-state index in [-0.39, 0.29) is 0 Å². The molecule has 0 spiro atoms. The van der Waals surface area contributed by atoms with Gasteiger partial charge in [-0.25, -0.2) is 0 Å². The molecular weight excluding hydrogens is 262 g/mol. The van der Waals surface area contributed by atoms with Crippen LogP contribution in [0.1, 0.15) is 43.7 Å². The van der Waals surface area contributed by atoms with Crippen LogP contribution in [0.5, 0.6) is 0 Å². The maximum Gasteiger partial charge on any atom is 0.137 e. The van der Waals surface area contributed by atoms with Crippen LogP contribution in [0.3, 0.4) is 0 Å². The molecule has 1 fully saturated rings. The van der Waals surface area contributed by atoms with E-state index in [9.17, 15) is 4.79 Å². The summed E-state index contributed by atoms with van der Waals surface area (Å²) in [6.45, 7) is 9.05. The van der Waals surface area contributed by atoms with Gasteiger partial charge in [-0.3, -0.25) is 9.69 Å². The van der Waals surface area contributed by atoms with Gasteiger partial charge in [-0.1, -0.05) is 38.1 Å². The summed E-state index contributed by atoms with van der Waals surface area (Å²) in [5, 5.41) is 0. The average molecular weight is 289 g/mol. The van der Waals surface area contributed by atoms with Gasteiger partial charge in [0.25, 0.3) is 0 Å². The van der Waals surface area contributed by atoms with Gasteiger partial charge in [-0.05, 0) is 30.0 Å². The Morgan fingerprint density at radius 2 is 2.05 bits per heavy atom. The molecule has 0 amide bonds. The third-order valence-corrected chi connectivity index (χ3v) is 4.05. The molecule has 0 unspecified atom stereocenters. The standard InChI is InChI=1S/C18H27NO2/c1-15(2)17-6-3-5-16(13-17)14-18(20)7-4-8-19-9-11-21-12-10-19/h3,5-6,13,15H,4,7-12,14H2,1-2H3. The second-order valence-electron chi connectivity index (χ2n) is 6.17. The monoisotopic (exact) mass is 289 g/mol. The lowest BCUT2D eigenvalue weighted by Gasteiger charge is -2.26. The second-order valence-corrected chi connectivity index (χ2v) is 6.17. The van der Waals surface area contributed by atoms with Crippen LogP contribution in [0.25, 0.3) is 0 Å². The van der Waals surface area contributed by atoms with Crippen molar-refractivity contribution in [2.24, 2.45) is 0 Å². The molecule has 0 aromatic heterocycles. The van der Waals surface area contributed by atoms with E-state index in [0.29, 0.717) is 24.5 Å². The van der Waals surface area contributed by atoms with Gasteiger partial charge in [0.15, 0.2) is 0 Å².